The summed E-state index contributed by atoms with van der Waals surface area (Å²) in [6, 6.07) is 20.6. The number of aryl methyl sites for hydroxylation is 1. The van der Waals surface area contributed by atoms with E-state index in [9.17, 15) is 4.79 Å². The van der Waals surface area contributed by atoms with Gasteiger partial charge in [0.25, 0.3) is 5.56 Å². The number of nitrogens with zero attached hydrogens (tertiary/aromatic N) is 2. The lowest BCUT2D eigenvalue weighted by Crippen LogP contribution is -2.18. The molecular weight excluding hydrogens is 360 g/mol. The Morgan fingerprint density at radius 2 is 1.88 bits per heavy atom. The van der Waals surface area contributed by atoms with Crippen LogP contribution in [0, 0.1) is 6.92 Å². The van der Waals surface area contributed by atoms with Crippen molar-refractivity contribution in [3.05, 3.63) is 82.1 Å². The molecule has 0 saturated heterocycles. The second-order valence-corrected chi connectivity index (χ2v) is 8.22. The van der Waals surface area contributed by atoms with Gasteiger partial charge in [0, 0.05) is 17.7 Å². The van der Waals surface area contributed by atoms with Gasteiger partial charge in [0.2, 0.25) is 0 Å². The van der Waals surface area contributed by atoms with E-state index in [-0.39, 0.29) is 5.56 Å². The zero-order chi connectivity index (χ0) is 18.1. The van der Waals surface area contributed by atoms with Crippen LogP contribution in [0.5, 0.6) is 0 Å². The number of fused-ring (bicyclic) bond motifs is 1. The van der Waals surface area contributed by atoms with Gasteiger partial charge in [-0.25, -0.2) is 4.98 Å². The Kier molecular flexibility index (Phi) is 4.66. The predicted octanol–water partition coefficient (Wildman–Crippen LogP) is 5.26. The van der Waals surface area contributed by atoms with Gasteiger partial charge in [-0.05, 0) is 24.1 Å². The molecule has 26 heavy (non-hydrogen) atoms. The van der Waals surface area contributed by atoms with E-state index in [0.29, 0.717) is 4.70 Å². The summed E-state index contributed by atoms with van der Waals surface area (Å²) in [6.45, 7) is 2.09. The first-order chi connectivity index (χ1) is 12.6. The zero-order valence-corrected chi connectivity index (χ0v) is 16.2. The van der Waals surface area contributed by atoms with Crippen molar-refractivity contribution in [1.82, 2.24) is 9.55 Å². The molecule has 0 aliphatic heterocycles. The summed E-state index contributed by atoms with van der Waals surface area (Å²) in [7, 11) is 1.80. The third kappa shape index (κ3) is 3.32. The Hall–Kier alpha value is -2.37. The molecule has 0 saturated carbocycles. The molecule has 0 aliphatic carbocycles. The maximum atomic E-state index is 12.8. The van der Waals surface area contributed by atoms with Crippen molar-refractivity contribution in [2.24, 2.45) is 7.05 Å². The fourth-order valence-electron chi connectivity index (χ4n) is 2.86. The second kappa shape index (κ2) is 7.09. The van der Waals surface area contributed by atoms with Gasteiger partial charge in [-0.3, -0.25) is 9.36 Å². The molecule has 3 nitrogen and oxygen atoms in total. The third-order valence-electron chi connectivity index (χ3n) is 4.22. The minimum Gasteiger partial charge on any atom is -0.290 e. The van der Waals surface area contributed by atoms with E-state index in [2.05, 4.69) is 43.3 Å². The quantitative estimate of drug-likeness (QED) is 0.359. The predicted molar refractivity (Wildman–Crippen MR) is 111 cm³/mol. The number of benzene rings is 2. The van der Waals surface area contributed by atoms with Crippen LogP contribution in [-0.2, 0) is 12.8 Å². The van der Waals surface area contributed by atoms with Gasteiger partial charge in [-0.1, -0.05) is 71.9 Å². The fraction of sp³-hybridized carbons (Fsp3) is 0.143. The molecular formula is C21H18N2OS2. The molecule has 0 atom stereocenters. The van der Waals surface area contributed by atoms with E-state index in [1.54, 1.807) is 23.4 Å². The molecule has 130 valence electrons. The highest BCUT2D eigenvalue weighted by atomic mass is 32.2. The van der Waals surface area contributed by atoms with Crippen molar-refractivity contribution in [3.8, 4) is 10.4 Å². The molecule has 4 rings (SSSR count). The van der Waals surface area contributed by atoms with Crippen LogP contribution in [0.4, 0.5) is 0 Å². The van der Waals surface area contributed by atoms with Gasteiger partial charge in [0.1, 0.15) is 4.70 Å². The highest BCUT2D eigenvalue weighted by Gasteiger charge is 2.13. The molecule has 0 spiro atoms. The SMILES string of the molecule is Cc1cccc(CSc2nc3cc(-c4ccccc4)sc3c(=O)n2C)c1. The molecule has 0 bridgehead atoms. The number of thiophene rings is 1. The van der Waals surface area contributed by atoms with Crippen molar-refractivity contribution in [3.63, 3.8) is 0 Å². The molecule has 2 aromatic carbocycles. The monoisotopic (exact) mass is 378 g/mol. The summed E-state index contributed by atoms with van der Waals surface area (Å²) in [6.07, 6.45) is 0. The maximum Gasteiger partial charge on any atom is 0.271 e. The second-order valence-electron chi connectivity index (χ2n) is 6.23. The fourth-order valence-corrected chi connectivity index (χ4v) is 4.85. The minimum atomic E-state index is 0.0222. The van der Waals surface area contributed by atoms with Gasteiger partial charge in [-0.2, -0.15) is 0 Å². The van der Waals surface area contributed by atoms with Gasteiger partial charge in [0.15, 0.2) is 5.16 Å². The van der Waals surface area contributed by atoms with Crippen LogP contribution >= 0.6 is 23.1 Å². The van der Waals surface area contributed by atoms with Crippen LogP contribution in [0.25, 0.3) is 20.7 Å². The Morgan fingerprint density at radius 3 is 2.65 bits per heavy atom. The largest absolute Gasteiger partial charge is 0.290 e. The summed E-state index contributed by atoms with van der Waals surface area (Å²) < 4.78 is 2.37. The van der Waals surface area contributed by atoms with Crippen molar-refractivity contribution < 1.29 is 0 Å². The standard InChI is InChI=1S/C21H18N2OS2/c1-14-7-6-8-15(11-14)13-25-21-22-17-12-18(16-9-4-3-5-10-16)26-19(17)20(24)23(21)2/h3-12H,13H2,1-2H3. The van der Waals surface area contributed by atoms with E-state index in [1.165, 1.54) is 22.5 Å². The van der Waals surface area contributed by atoms with Crippen molar-refractivity contribution in [1.29, 1.82) is 0 Å². The summed E-state index contributed by atoms with van der Waals surface area (Å²) in [5.74, 6) is 0.795. The molecule has 0 fully saturated rings. The Bertz CT molecular complexity index is 1130. The molecule has 0 amide bonds. The van der Waals surface area contributed by atoms with E-state index in [1.807, 2.05) is 24.3 Å². The lowest BCUT2D eigenvalue weighted by Gasteiger charge is -2.07. The maximum absolute atomic E-state index is 12.8. The van der Waals surface area contributed by atoms with Crippen LogP contribution in [0.1, 0.15) is 11.1 Å². The summed E-state index contributed by atoms with van der Waals surface area (Å²) in [5.41, 5.74) is 4.40. The van der Waals surface area contributed by atoms with Crippen LogP contribution in [-0.4, -0.2) is 9.55 Å². The minimum absolute atomic E-state index is 0.0222. The average molecular weight is 379 g/mol. The normalized spacial score (nSPS) is 11.2. The van der Waals surface area contributed by atoms with Gasteiger partial charge in [0.05, 0.1) is 5.52 Å². The lowest BCUT2D eigenvalue weighted by molar-refractivity contribution is 0.728. The van der Waals surface area contributed by atoms with Gasteiger partial charge < -0.3 is 0 Å². The van der Waals surface area contributed by atoms with Crippen LogP contribution < -0.4 is 5.56 Å². The molecule has 0 aliphatic rings. The summed E-state index contributed by atoms with van der Waals surface area (Å²) in [4.78, 5) is 18.6. The number of hydrogen-bond acceptors (Lipinski definition) is 4. The average Bonchev–Trinajstić information content (AvgIpc) is 3.09. The molecule has 0 radical (unpaired) electrons. The van der Waals surface area contributed by atoms with Gasteiger partial charge in [-0.15, -0.1) is 11.3 Å². The first-order valence-electron chi connectivity index (χ1n) is 8.36. The Morgan fingerprint density at radius 1 is 1.08 bits per heavy atom. The summed E-state index contributed by atoms with van der Waals surface area (Å²) in [5, 5.41) is 0.751. The van der Waals surface area contributed by atoms with E-state index >= 15 is 0 Å². The summed E-state index contributed by atoms with van der Waals surface area (Å²) >= 11 is 3.11. The highest BCUT2D eigenvalue weighted by Crippen LogP contribution is 2.32. The first-order valence-corrected chi connectivity index (χ1v) is 10.2. The van der Waals surface area contributed by atoms with Gasteiger partial charge >= 0.3 is 0 Å². The van der Waals surface area contributed by atoms with Crippen LogP contribution in [0.15, 0.2) is 70.6 Å². The molecule has 0 unspecified atom stereocenters. The van der Waals surface area contributed by atoms with Crippen molar-refractivity contribution >= 4 is 33.3 Å². The van der Waals surface area contributed by atoms with Crippen molar-refractivity contribution in [2.75, 3.05) is 0 Å². The van der Waals surface area contributed by atoms with E-state index in [0.717, 1.165) is 26.9 Å². The van der Waals surface area contributed by atoms with E-state index < -0.39 is 0 Å². The van der Waals surface area contributed by atoms with Crippen LogP contribution in [0.3, 0.4) is 0 Å². The topological polar surface area (TPSA) is 34.9 Å². The number of rotatable bonds is 4. The molecule has 2 heterocycles. The zero-order valence-electron chi connectivity index (χ0n) is 14.6. The highest BCUT2D eigenvalue weighted by molar-refractivity contribution is 7.98. The molecule has 2 aromatic heterocycles. The lowest BCUT2D eigenvalue weighted by atomic mass is 10.2. The Balaban J connectivity index is 1.70. The van der Waals surface area contributed by atoms with E-state index in [4.69, 9.17) is 4.98 Å². The number of thioether (sulfide) groups is 1. The third-order valence-corrected chi connectivity index (χ3v) is 6.49. The number of aromatic nitrogens is 2. The van der Waals surface area contributed by atoms with Crippen molar-refractivity contribution in [2.45, 2.75) is 17.8 Å². The molecule has 0 N–H and O–H groups in total. The molecule has 5 heteroatoms. The smallest absolute Gasteiger partial charge is 0.271 e. The van der Waals surface area contributed by atoms with Crippen LogP contribution in [0.2, 0.25) is 0 Å². The Labute approximate surface area is 160 Å². The first kappa shape index (κ1) is 17.1. The molecule has 4 aromatic rings. The number of hydrogen-bond donors (Lipinski definition) is 0.